The molecule has 0 N–H and O–H groups in total. The van der Waals surface area contributed by atoms with E-state index in [1.54, 1.807) is 0 Å². The van der Waals surface area contributed by atoms with Crippen LogP contribution < -0.4 is 0 Å². The van der Waals surface area contributed by atoms with E-state index in [2.05, 4.69) is 20.8 Å². The van der Waals surface area contributed by atoms with Gasteiger partial charge in [0.25, 0.3) is 0 Å². The van der Waals surface area contributed by atoms with Gasteiger partial charge >= 0.3 is 0 Å². The molecular formula is C15H28O. The van der Waals surface area contributed by atoms with E-state index in [1.165, 1.54) is 44.9 Å². The monoisotopic (exact) mass is 224 g/mol. The van der Waals surface area contributed by atoms with Crippen molar-refractivity contribution in [3.63, 3.8) is 0 Å². The van der Waals surface area contributed by atoms with Crippen LogP contribution >= 0.6 is 0 Å². The number of hydrogen-bond acceptors (Lipinski definition) is 1. The highest BCUT2D eigenvalue weighted by molar-refractivity contribution is 4.93. The van der Waals surface area contributed by atoms with Gasteiger partial charge in [-0.1, -0.05) is 40.0 Å². The summed E-state index contributed by atoms with van der Waals surface area (Å²) in [5.41, 5.74) is 0.584. The lowest BCUT2D eigenvalue weighted by Gasteiger charge is -2.40. The summed E-state index contributed by atoms with van der Waals surface area (Å²) in [6.45, 7) is 8.16. The van der Waals surface area contributed by atoms with E-state index < -0.39 is 0 Å². The maximum Gasteiger partial charge on any atom is 0.0612 e. The summed E-state index contributed by atoms with van der Waals surface area (Å²) in [5.74, 6) is 1.68. The number of unbranched alkanes of at least 4 members (excludes halogenated alkanes) is 2. The summed E-state index contributed by atoms with van der Waals surface area (Å²) < 4.78 is 5.97. The van der Waals surface area contributed by atoms with Crippen LogP contribution in [0.3, 0.4) is 0 Å². The van der Waals surface area contributed by atoms with Gasteiger partial charge in [-0.05, 0) is 42.9 Å². The van der Waals surface area contributed by atoms with Crippen LogP contribution in [0.1, 0.15) is 65.7 Å². The highest BCUT2D eigenvalue weighted by Gasteiger charge is 2.43. The molecule has 1 aliphatic heterocycles. The molecule has 0 radical (unpaired) electrons. The SMILES string of the molecule is CCCCCC1(C)CC[C@H]2C(C)COC2C1. The molecular weight excluding hydrogens is 196 g/mol. The molecule has 1 aliphatic carbocycles. The minimum absolute atomic E-state index is 0.584. The molecule has 3 unspecified atom stereocenters. The lowest BCUT2D eigenvalue weighted by molar-refractivity contribution is 0.00938. The predicted molar refractivity (Wildman–Crippen MR) is 68.5 cm³/mol. The van der Waals surface area contributed by atoms with Crippen LogP contribution in [0.15, 0.2) is 0 Å². The van der Waals surface area contributed by atoms with E-state index in [4.69, 9.17) is 4.74 Å². The lowest BCUT2D eigenvalue weighted by Crippen LogP contribution is -2.34. The highest BCUT2D eigenvalue weighted by atomic mass is 16.5. The van der Waals surface area contributed by atoms with Crippen LogP contribution in [0.25, 0.3) is 0 Å². The Morgan fingerprint density at radius 1 is 1.31 bits per heavy atom. The van der Waals surface area contributed by atoms with Crippen molar-refractivity contribution in [2.75, 3.05) is 6.61 Å². The second kappa shape index (κ2) is 5.08. The van der Waals surface area contributed by atoms with Crippen molar-refractivity contribution in [1.29, 1.82) is 0 Å². The van der Waals surface area contributed by atoms with E-state index in [0.717, 1.165) is 18.4 Å². The Labute approximate surface area is 101 Å². The molecule has 16 heavy (non-hydrogen) atoms. The summed E-state index contributed by atoms with van der Waals surface area (Å²) in [5, 5.41) is 0. The van der Waals surface area contributed by atoms with Crippen molar-refractivity contribution >= 4 is 0 Å². The summed E-state index contributed by atoms with van der Waals surface area (Å²) in [7, 11) is 0. The maximum atomic E-state index is 5.97. The Bertz CT molecular complexity index is 225. The Hall–Kier alpha value is -0.0400. The molecule has 1 nitrogen and oxygen atoms in total. The number of fused-ring (bicyclic) bond motifs is 1. The van der Waals surface area contributed by atoms with Crippen LogP contribution in [0.5, 0.6) is 0 Å². The molecule has 0 aromatic heterocycles. The molecule has 0 spiro atoms. The molecule has 1 heteroatoms. The van der Waals surface area contributed by atoms with Crippen molar-refractivity contribution in [2.24, 2.45) is 17.3 Å². The summed E-state index contributed by atoms with van der Waals surface area (Å²) in [6, 6.07) is 0. The van der Waals surface area contributed by atoms with Gasteiger partial charge in [-0.2, -0.15) is 0 Å². The zero-order valence-corrected chi connectivity index (χ0v) is 11.3. The number of rotatable bonds is 4. The third kappa shape index (κ3) is 2.61. The Balaban J connectivity index is 1.85. The molecule has 1 heterocycles. The third-order valence-electron chi connectivity index (χ3n) is 4.94. The van der Waals surface area contributed by atoms with Crippen molar-refractivity contribution in [2.45, 2.75) is 71.8 Å². The minimum atomic E-state index is 0.584. The van der Waals surface area contributed by atoms with Crippen LogP contribution in [0.2, 0.25) is 0 Å². The standard InChI is InChI=1S/C15H28O/c1-4-5-6-8-15(3)9-7-13-12(2)11-16-14(13)10-15/h12-14H,4-11H2,1-3H3/t12?,13-,14?,15?/m0/s1. The van der Waals surface area contributed by atoms with E-state index in [0.29, 0.717) is 11.5 Å². The molecule has 1 saturated carbocycles. The first-order valence-electron chi connectivity index (χ1n) is 7.26. The average molecular weight is 224 g/mol. The Kier molecular flexibility index (Phi) is 3.94. The number of ether oxygens (including phenoxy) is 1. The molecule has 94 valence electrons. The van der Waals surface area contributed by atoms with E-state index in [-0.39, 0.29) is 0 Å². The zero-order chi connectivity index (χ0) is 11.6. The topological polar surface area (TPSA) is 9.23 Å². The highest BCUT2D eigenvalue weighted by Crippen LogP contribution is 2.48. The number of hydrogen-bond donors (Lipinski definition) is 0. The molecule has 0 amide bonds. The van der Waals surface area contributed by atoms with Crippen LogP contribution in [0.4, 0.5) is 0 Å². The smallest absolute Gasteiger partial charge is 0.0612 e. The molecule has 1 saturated heterocycles. The quantitative estimate of drug-likeness (QED) is 0.643. The molecule has 2 aliphatic rings. The first kappa shape index (κ1) is 12.4. The Morgan fingerprint density at radius 2 is 2.12 bits per heavy atom. The zero-order valence-electron chi connectivity index (χ0n) is 11.3. The third-order valence-corrected chi connectivity index (χ3v) is 4.94. The van der Waals surface area contributed by atoms with Gasteiger partial charge in [0.1, 0.15) is 0 Å². The molecule has 0 bridgehead atoms. The molecule has 2 fully saturated rings. The van der Waals surface area contributed by atoms with Crippen molar-refractivity contribution in [3.05, 3.63) is 0 Å². The van der Waals surface area contributed by atoms with E-state index >= 15 is 0 Å². The first-order valence-corrected chi connectivity index (χ1v) is 7.26. The van der Waals surface area contributed by atoms with Gasteiger partial charge in [0, 0.05) is 6.61 Å². The van der Waals surface area contributed by atoms with Gasteiger partial charge in [0.2, 0.25) is 0 Å². The van der Waals surface area contributed by atoms with Gasteiger partial charge < -0.3 is 4.74 Å². The van der Waals surface area contributed by atoms with E-state index in [1.807, 2.05) is 0 Å². The second-order valence-electron chi connectivity index (χ2n) is 6.52. The molecule has 0 aromatic carbocycles. The van der Waals surface area contributed by atoms with Gasteiger partial charge in [-0.15, -0.1) is 0 Å². The molecule has 2 rings (SSSR count). The normalized spacial score (nSPS) is 43.3. The van der Waals surface area contributed by atoms with Crippen molar-refractivity contribution < 1.29 is 4.74 Å². The largest absolute Gasteiger partial charge is 0.378 e. The fraction of sp³-hybridized carbons (Fsp3) is 1.00. The summed E-state index contributed by atoms with van der Waals surface area (Å²) in [4.78, 5) is 0. The van der Waals surface area contributed by atoms with Gasteiger partial charge in [-0.3, -0.25) is 0 Å². The fourth-order valence-corrected chi connectivity index (χ4v) is 3.70. The molecule has 0 aromatic rings. The maximum absolute atomic E-state index is 5.97. The van der Waals surface area contributed by atoms with E-state index in [9.17, 15) is 0 Å². The van der Waals surface area contributed by atoms with Gasteiger partial charge in [0.05, 0.1) is 6.10 Å². The van der Waals surface area contributed by atoms with Crippen molar-refractivity contribution in [3.8, 4) is 0 Å². The van der Waals surface area contributed by atoms with Gasteiger partial charge in [-0.25, -0.2) is 0 Å². The van der Waals surface area contributed by atoms with Crippen LogP contribution in [-0.4, -0.2) is 12.7 Å². The average Bonchev–Trinajstić information content (AvgIpc) is 2.60. The minimum Gasteiger partial charge on any atom is -0.378 e. The first-order chi connectivity index (χ1) is 7.64. The summed E-state index contributed by atoms with van der Waals surface area (Å²) in [6.07, 6.45) is 10.3. The molecule has 4 atom stereocenters. The Morgan fingerprint density at radius 3 is 2.88 bits per heavy atom. The predicted octanol–water partition coefficient (Wildman–Crippen LogP) is 4.41. The van der Waals surface area contributed by atoms with Gasteiger partial charge in [0.15, 0.2) is 0 Å². The van der Waals surface area contributed by atoms with Crippen molar-refractivity contribution in [1.82, 2.24) is 0 Å². The van der Waals surface area contributed by atoms with Crippen LogP contribution in [-0.2, 0) is 4.74 Å². The summed E-state index contributed by atoms with van der Waals surface area (Å²) >= 11 is 0. The van der Waals surface area contributed by atoms with Crippen LogP contribution in [0, 0.1) is 17.3 Å². The fourth-order valence-electron chi connectivity index (χ4n) is 3.70. The lowest BCUT2D eigenvalue weighted by atomic mass is 9.66. The second-order valence-corrected chi connectivity index (χ2v) is 6.52.